The Morgan fingerprint density at radius 1 is 0.313 bits per heavy atom. The maximum Gasteiger partial charge on any atom is 0.306 e. The molecule has 0 aliphatic heterocycles. The molecule has 0 aromatic carbocycles. The van der Waals surface area contributed by atoms with Crippen LogP contribution in [0, 0.1) is 0 Å². The van der Waals surface area contributed by atoms with Gasteiger partial charge in [0.05, 0.1) is 0 Å². The van der Waals surface area contributed by atoms with Crippen molar-refractivity contribution in [2.24, 2.45) is 0 Å². The van der Waals surface area contributed by atoms with Crippen LogP contribution in [0.4, 0.5) is 0 Å². The summed E-state index contributed by atoms with van der Waals surface area (Å²) in [5.74, 6) is -0.944. The second-order valence-corrected chi connectivity index (χ2v) is 18.6. The van der Waals surface area contributed by atoms with E-state index in [-0.39, 0.29) is 31.1 Å². The molecule has 67 heavy (non-hydrogen) atoms. The Morgan fingerprint density at radius 2 is 0.582 bits per heavy atom. The van der Waals surface area contributed by atoms with Gasteiger partial charge in [-0.05, 0) is 89.9 Å². The number of allylic oxidation sites excluding steroid dienone is 14. The molecule has 0 N–H and O–H groups in total. The van der Waals surface area contributed by atoms with Crippen LogP contribution in [0.5, 0.6) is 0 Å². The molecule has 0 aromatic rings. The molecule has 0 spiro atoms. The second-order valence-electron chi connectivity index (χ2n) is 18.6. The Labute approximate surface area is 414 Å². The van der Waals surface area contributed by atoms with E-state index < -0.39 is 6.10 Å². The molecule has 0 rings (SSSR count). The highest BCUT2D eigenvalue weighted by Crippen LogP contribution is 2.14. The molecule has 0 fully saturated rings. The van der Waals surface area contributed by atoms with Gasteiger partial charge in [-0.3, -0.25) is 14.4 Å². The molecule has 0 radical (unpaired) electrons. The lowest BCUT2D eigenvalue weighted by atomic mass is 10.1. The summed E-state index contributed by atoms with van der Waals surface area (Å²) in [7, 11) is 0. The summed E-state index contributed by atoms with van der Waals surface area (Å²) in [6.45, 7) is 6.46. The van der Waals surface area contributed by atoms with E-state index in [4.69, 9.17) is 14.2 Å². The second kappa shape index (κ2) is 55.2. The van der Waals surface area contributed by atoms with E-state index >= 15 is 0 Å². The smallest absolute Gasteiger partial charge is 0.306 e. The van der Waals surface area contributed by atoms with Gasteiger partial charge in [-0.15, -0.1) is 0 Å². The SMILES string of the molecule is CC/C=C/C=C/C=C/CCCCCCCC(=O)OCC(COC(=O)CCCCCCC/C=C/C=C/CCCCCCCCC)OC(=O)CCCCCCC/C=C/C=C/CCCCCCCCC. The number of unbranched alkanes of at least 4 members (excludes halogenated alkanes) is 29. The minimum Gasteiger partial charge on any atom is -0.462 e. The van der Waals surface area contributed by atoms with E-state index in [0.29, 0.717) is 19.3 Å². The van der Waals surface area contributed by atoms with Crippen LogP contribution in [-0.2, 0) is 28.6 Å². The first-order chi connectivity index (χ1) is 33.0. The van der Waals surface area contributed by atoms with E-state index in [2.05, 4.69) is 106 Å². The van der Waals surface area contributed by atoms with Gasteiger partial charge in [-0.1, -0.05) is 241 Å². The highest BCUT2D eigenvalue weighted by Gasteiger charge is 2.19. The fourth-order valence-electron chi connectivity index (χ4n) is 7.72. The zero-order valence-electron chi connectivity index (χ0n) is 43.9. The normalized spacial score (nSPS) is 12.7. The van der Waals surface area contributed by atoms with Gasteiger partial charge in [-0.2, -0.15) is 0 Å². The maximum absolute atomic E-state index is 12.8. The highest BCUT2D eigenvalue weighted by atomic mass is 16.6. The van der Waals surface area contributed by atoms with Crippen molar-refractivity contribution in [3.05, 3.63) is 85.1 Å². The van der Waals surface area contributed by atoms with Crippen LogP contribution in [0.25, 0.3) is 0 Å². The Bertz CT molecular complexity index is 1300. The molecule has 0 aromatic heterocycles. The zero-order valence-corrected chi connectivity index (χ0v) is 43.9. The lowest BCUT2D eigenvalue weighted by Crippen LogP contribution is -2.30. The molecule has 6 heteroatoms. The summed E-state index contributed by atoms with van der Waals surface area (Å²) in [5, 5.41) is 0. The Morgan fingerprint density at radius 3 is 0.910 bits per heavy atom. The molecule has 384 valence electrons. The molecule has 1 unspecified atom stereocenters. The van der Waals surface area contributed by atoms with Crippen LogP contribution in [0.15, 0.2) is 85.1 Å². The first-order valence-electron chi connectivity index (χ1n) is 28.2. The number of ether oxygens (including phenoxy) is 3. The minimum absolute atomic E-state index is 0.0980. The van der Waals surface area contributed by atoms with Crippen LogP contribution in [0.3, 0.4) is 0 Å². The molecule has 0 amide bonds. The number of carbonyl (C=O) groups excluding carboxylic acids is 3. The van der Waals surface area contributed by atoms with Gasteiger partial charge in [0, 0.05) is 19.3 Å². The molecule has 0 saturated carbocycles. The van der Waals surface area contributed by atoms with Crippen molar-refractivity contribution in [2.45, 2.75) is 271 Å². The molecule has 0 aliphatic rings. The first kappa shape index (κ1) is 63.6. The van der Waals surface area contributed by atoms with E-state index in [9.17, 15) is 14.4 Å². The van der Waals surface area contributed by atoms with Crippen LogP contribution < -0.4 is 0 Å². The third-order valence-corrected chi connectivity index (χ3v) is 12.0. The van der Waals surface area contributed by atoms with Crippen molar-refractivity contribution in [1.29, 1.82) is 0 Å². The lowest BCUT2D eigenvalue weighted by molar-refractivity contribution is -0.167. The summed E-state index contributed by atoms with van der Waals surface area (Å²) in [6.07, 6.45) is 71.4. The van der Waals surface area contributed by atoms with Gasteiger partial charge in [0.25, 0.3) is 0 Å². The highest BCUT2D eigenvalue weighted by molar-refractivity contribution is 5.71. The third kappa shape index (κ3) is 53.4. The molecule has 0 bridgehead atoms. The standard InChI is InChI=1S/C61H104O6/c1-4-7-10-13-16-19-22-25-27-29-31-33-36-39-42-45-48-51-54-60(63)66-57-58(56-65-59(62)53-50-47-44-41-38-35-24-21-18-15-12-9-6-3)67-61(64)55-52-49-46-43-40-37-34-32-30-28-26-23-20-17-14-11-8-5-2/h9,12,15,18,21,24,27-34,58H,4-8,10-11,13-14,16-17,19-20,22-23,25-26,35-57H2,1-3H3/b12-9+,18-15+,24-21+,29-27+,30-28+,33-31+,34-32+. The van der Waals surface area contributed by atoms with Gasteiger partial charge >= 0.3 is 17.9 Å². The van der Waals surface area contributed by atoms with Gasteiger partial charge in [-0.25, -0.2) is 0 Å². The summed E-state index contributed by atoms with van der Waals surface area (Å²) in [6, 6.07) is 0. The number of hydrogen-bond acceptors (Lipinski definition) is 6. The van der Waals surface area contributed by atoms with Crippen LogP contribution in [0.2, 0.25) is 0 Å². The predicted octanol–water partition coefficient (Wildman–Crippen LogP) is 18.8. The van der Waals surface area contributed by atoms with Gasteiger partial charge in [0.1, 0.15) is 13.2 Å². The molecule has 0 heterocycles. The molecule has 1 atom stereocenters. The molecular formula is C61H104O6. The third-order valence-electron chi connectivity index (χ3n) is 12.0. The Kier molecular flexibility index (Phi) is 52.4. The van der Waals surface area contributed by atoms with Crippen molar-refractivity contribution in [1.82, 2.24) is 0 Å². The van der Waals surface area contributed by atoms with Gasteiger partial charge < -0.3 is 14.2 Å². The van der Waals surface area contributed by atoms with Gasteiger partial charge in [0.15, 0.2) is 6.10 Å². The van der Waals surface area contributed by atoms with E-state index in [1.807, 2.05) is 0 Å². The summed E-state index contributed by atoms with van der Waals surface area (Å²) in [5.41, 5.74) is 0. The monoisotopic (exact) mass is 933 g/mol. The van der Waals surface area contributed by atoms with E-state index in [1.165, 1.54) is 103 Å². The predicted molar refractivity (Wildman–Crippen MR) is 288 cm³/mol. The minimum atomic E-state index is -0.800. The lowest BCUT2D eigenvalue weighted by Gasteiger charge is -2.18. The quantitative estimate of drug-likeness (QED) is 0.0262. The fraction of sp³-hybridized carbons (Fsp3) is 0.721. The molecule has 6 nitrogen and oxygen atoms in total. The van der Waals surface area contributed by atoms with Crippen molar-refractivity contribution in [3.63, 3.8) is 0 Å². The average Bonchev–Trinajstić information content (AvgIpc) is 3.33. The average molecular weight is 933 g/mol. The summed E-state index contributed by atoms with van der Waals surface area (Å²) < 4.78 is 16.8. The summed E-state index contributed by atoms with van der Waals surface area (Å²) in [4.78, 5) is 38.1. The first-order valence-corrected chi connectivity index (χ1v) is 28.2. The van der Waals surface area contributed by atoms with E-state index in [0.717, 1.165) is 122 Å². The molecular weight excluding hydrogens is 829 g/mol. The number of rotatable bonds is 50. The Hall–Kier alpha value is -3.41. The number of carbonyl (C=O) groups is 3. The van der Waals surface area contributed by atoms with Crippen molar-refractivity contribution in [2.75, 3.05) is 13.2 Å². The van der Waals surface area contributed by atoms with Crippen LogP contribution in [-0.4, -0.2) is 37.2 Å². The largest absolute Gasteiger partial charge is 0.462 e. The van der Waals surface area contributed by atoms with Crippen molar-refractivity contribution >= 4 is 17.9 Å². The van der Waals surface area contributed by atoms with Crippen LogP contribution >= 0.6 is 0 Å². The van der Waals surface area contributed by atoms with Crippen molar-refractivity contribution in [3.8, 4) is 0 Å². The summed E-state index contributed by atoms with van der Waals surface area (Å²) >= 11 is 0. The topological polar surface area (TPSA) is 78.9 Å². The zero-order chi connectivity index (χ0) is 48.6. The Balaban J connectivity index is 4.45. The molecule has 0 aliphatic carbocycles. The maximum atomic E-state index is 12.8. The van der Waals surface area contributed by atoms with Crippen molar-refractivity contribution < 1.29 is 28.6 Å². The fourth-order valence-corrected chi connectivity index (χ4v) is 7.72. The van der Waals surface area contributed by atoms with Gasteiger partial charge in [0.2, 0.25) is 0 Å². The number of esters is 3. The van der Waals surface area contributed by atoms with Crippen LogP contribution in [0.1, 0.15) is 265 Å². The number of hydrogen-bond donors (Lipinski definition) is 0. The van der Waals surface area contributed by atoms with E-state index in [1.54, 1.807) is 0 Å². The molecule has 0 saturated heterocycles.